The molecule has 1 atom stereocenters. The van der Waals surface area contributed by atoms with Gasteiger partial charge in [0, 0.05) is 5.56 Å². The van der Waals surface area contributed by atoms with Crippen LogP contribution in [0.2, 0.25) is 0 Å². The van der Waals surface area contributed by atoms with Crippen molar-refractivity contribution >= 4 is 0 Å². The van der Waals surface area contributed by atoms with E-state index in [1.807, 2.05) is 19.1 Å². The predicted molar refractivity (Wildman–Crippen MR) is 79.5 cm³/mol. The molecular weight excluding hydrogens is 271 g/mol. The van der Waals surface area contributed by atoms with Crippen LogP contribution in [0.3, 0.4) is 0 Å². The van der Waals surface area contributed by atoms with Crippen molar-refractivity contribution < 1.29 is 19.0 Å². The zero-order chi connectivity index (χ0) is 15.4. The standard InChI is InChI=1S/C17H19FO3/c1-4-20-15-7-5-6-8-16(15)21-17-9-11(2)14(18)10-13(17)12(3)19/h5-10,12,19H,4H2,1-3H3/t12-/m1/s1. The second kappa shape index (κ2) is 6.59. The Kier molecular flexibility index (Phi) is 4.81. The van der Waals surface area contributed by atoms with Crippen LogP contribution in [-0.4, -0.2) is 11.7 Å². The molecule has 0 radical (unpaired) electrons. The third kappa shape index (κ3) is 3.52. The largest absolute Gasteiger partial charge is 0.490 e. The van der Waals surface area contributed by atoms with Gasteiger partial charge in [-0.1, -0.05) is 12.1 Å². The molecule has 2 aromatic carbocycles. The fourth-order valence-electron chi connectivity index (χ4n) is 2.01. The molecule has 2 rings (SSSR count). The van der Waals surface area contributed by atoms with Gasteiger partial charge in [0.2, 0.25) is 0 Å². The van der Waals surface area contributed by atoms with Crippen molar-refractivity contribution in [3.05, 3.63) is 53.3 Å². The van der Waals surface area contributed by atoms with Crippen LogP contribution in [0.1, 0.15) is 31.1 Å². The molecule has 0 fully saturated rings. The average Bonchev–Trinajstić information content (AvgIpc) is 2.44. The molecule has 112 valence electrons. The van der Waals surface area contributed by atoms with Crippen molar-refractivity contribution in [1.29, 1.82) is 0 Å². The molecule has 0 saturated carbocycles. The Hall–Kier alpha value is -2.07. The Balaban J connectivity index is 2.41. The summed E-state index contributed by atoms with van der Waals surface area (Å²) in [5.74, 6) is 1.21. The number of ether oxygens (including phenoxy) is 2. The molecule has 0 aliphatic heterocycles. The summed E-state index contributed by atoms with van der Waals surface area (Å²) >= 11 is 0. The Morgan fingerprint density at radius 1 is 1.14 bits per heavy atom. The van der Waals surface area contributed by atoms with Crippen LogP contribution in [0.25, 0.3) is 0 Å². The lowest BCUT2D eigenvalue weighted by Crippen LogP contribution is -2.00. The van der Waals surface area contributed by atoms with Crippen LogP contribution in [0.15, 0.2) is 36.4 Å². The van der Waals surface area contributed by atoms with Gasteiger partial charge in [-0.3, -0.25) is 0 Å². The molecule has 2 aromatic rings. The summed E-state index contributed by atoms with van der Waals surface area (Å²) in [5, 5.41) is 9.79. The molecule has 0 bridgehead atoms. The maximum absolute atomic E-state index is 13.7. The van der Waals surface area contributed by atoms with Gasteiger partial charge in [-0.15, -0.1) is 0 Å². The van der Waals surface area contributed by atoms with E-state index in [-0.39, 0.29) is 5.82 Å². The number of para-hydroxylation sites is 2. The smallest absolute Gasteiger partial charge is 0.169 e. The van der Waals surface area contributed by atoms with E-state index in [0.717, 1.165) is 0 Å². The lowest BCUT2D eigenvalue weighted by Gasteiger charge is -2.16. The lowest BCUT2D eigenvalue weighted by molar-refractivity contribution is 0.194. The number of aliphatic hydroxyl groups is 1. The van der Waals surface area contributed by atoms with Gasteiger partial charge in [-0.25, -0.2) is 4.39 Å². The summed E-state index contributed by atoms with van der Waals surface area (Å²) < 4.78 is 25.0. The molecule has 3 nitrogen and oxygen atoms in total. The summed E-state index contributed by atoms with van der Waals surface area (Å²) in [5.41, 5.74) is 0.868. The van der Waals surface area contributed by atoms with Crippen molar-refractivity contribution in [3.8, 4) is 17.2 Å². The van der Waals surface area contributed by atoms with Gasteiger partial charge in [0.1, 0.15) is 11.6 Å². The molecule has 21 heavy (non-hydrogen) atoms. The zero-order valence-electron chi connectivity index (χ0n) is 12.4. The molecule has 0 aliphatic rings. The summed E-state index contributed by atoms with van der Waals surface area (Å²) in [6.07, 6.45) is -0.825. The van der Waals surface area contributed by atoms with E-state index in [0.29, 0.717) is 35.0 Å². The first kappa shape index (κ1) is 15.3. The van der Waals surface area contributed by atoms with E-state index in [9.17, 15) is 9.50 Å². The number of hydrogen-bond donors (Lipinski definition) is 1. The minimum absolute atomic E-state index is 0.364. The van der Waals surface area contributed by atoms with E-state index in [1.165, 1.54) is 6.07 Å². The number of aryl methyl sites for hydroxylation is 1. The molecule has 0 aliphatic carbocycles. The molecule has 0 heterocycles. The third-order valence-corrected chi connectivity index (χ3v) is 3.11. The number of rotatable bonds is 5. The van der Waals surface area contributed by atoms with Gasteiger partial charge < -0.3 is 14.6 Å². The van der Waals surface area contributed by atoms with Crippen molar-refractivity contribution in [2.24, 2.45) is 0 Å². The minimum atomic E-state index is -0.825. The van der Waals surface area contributed by atoms with Crippen LogP contribution in [-0.2, 0) is 0 Å². The molecule has 0 amide bonds. The number of benzene rings is 2. The number of halogens is 1. The SMILES string of the molecule is CCOc1ccccc1Oc1cc(C)c(F)cc1[C@@H](C)O. The van der Waals surface area contributed by atoms with E-state index >= 15 is 0 Å². The van der Waals surface area contributed by atoms with Gasteiger partial charge >= 0.3 is 0 Å². The molecule has 1 N–H and O–H groups in total. The van der Waals surface area contributed by atoms with Crippen molar-refractivity contribution in [3.63, 3.8) is 0 Å². The van der Waals surface area contributed by atoms with Gasteiger partial charge in [-0.05, 0) is 50.6 Å². The quantitative estimate of drug-likeness (QED) is 0.888. The molecule has 0 saturated heterocycles. The zero-order valence-corrected chi connectivity index (χ0v) is 12.4. The molecule has 0 unspecified atom stereocenters. The Labute approximate surface area is 124 Å². The highest BCUT2D eigenvalue weighted by Gasteiger charge is 2.15. The second-order valence-corrected chi connectivity index (χ2v) is 4.80. The Bertz CT molecular complexity index is 623. The van der Waals surface area contributed by atoms with Gasteiger partial charge in [0.05, 0.1) is 12.7 Å². The first-order chi connectivity index (χ1) is 10.0. The minimum Gasteiger partial charge on any atom is -0.490 e. The maximum atomic E-state index is 13.7. The summed E-state index contributed by atoms with van der Waals surface area (Å²) in [4.78, 5) is 0. The third-order valence-electron chi connectivity index (χ3n) is 3.11. The van der Waals surface area contributed by atoms with Crippen LogP contribution < -0.4 is 9.47 Å². The van der Waals surface area contributed by atoms with E-state index in [1.54, 1.807) is 32.0 Å². The molecule has 4 heteroatoms. The first-order valence-corrected chi connectivity index (χ1v) is 6.90. The summed E-state index contributed by atoms with van der Waals surface area (Å²) in [6, 6.07) is 10.1. The number of hydrogen-bond acceptors (Lipinski definition) is 3. The molecule has 0 spiro atoms. The maximum Gasteiger partial charge on any atom is 0.169 e. The van der Waals surface area contributed by atoms with E-state index in [2.05, 4.69) is 0 Å². The highest BCUT2D eigenvalue weighted by Crippen LogP contribution is 2.36. The van der Waals surface area contributed by atoms with Crippen molar-refractivity contribution in [1.82, 2.24) is 0 Å². The topological polar surface area (TPSA) is 38.7 Å². The number of aliphatic hydroxyl groups excluding tert-OH is 1. The van der Waals surface area contributed by atoms with Crippen LogP contribution in [0.4, 0.5) is 4.39 Å². The van der Waals surface area contributed by atoms with Crippen molar-refractivity contribution in [2.75, 3.05) is 6.61 Å². The highest BCUT2D eigenvalue weighted by molar-refractivity contribution is 5.46. The fraction of sp³-hybridized carbons (Fsp3) is 0.294. The highest BCUT2D eigenvalue weighted by atomic mass is 19.1. The first-order valence-electron chi connectivity index (χ1n) is 6.90. The van der Waals surface area contributed by atoms with Crippen molar-refractivity contribution in [2.45, 2.75) is 26.9 Å². The van der Waals surface area contributed by atoms with Gasteiger partial charge in [0.15, 0.2) is 11.5 Å². The van der Waals surface area contributed by atoms with Crippen LogP contribution in [0.5, 0.6) is 17.2 Å². The average molecular weight is 290 g/mol. The Morgan fingerprint density at radius 3 is 2.43 bits per heavy atom. The van der Waals surface area contributed by atoms with E-state index in [4.69, 9.17) is 9.47 Å². The normalized spacial score (nSPS) is 12.0. The van der Waals surface area contributed by atoms with Crippen LogP contribution >= 0.6 is 0 Å². The predicted octanol–water partition coefficient (Wildman–Crippen LogP) is 4.38. The Morgan fingerprint density at radius 2 is 1.81 bits per heavy atom. The molecule has 0 aromatic heterocycles. The summed E-state index contributed by atoms with van der Waals surface area (Å²) in [7, 11) is 0. The second-order valence-electron chi connectivity index (χ2n) is 4.80. The monoisotopic (exact) mass is 290 g/mol. The van der Waals surface area contributed by atoms with Crippen LogP contribution in [0, 0.1) is 12.7 Å². The molecular formula is C17H19FO3. The van der Waals surface area contributed by atoms with Gasteiger partial charge in [0.25, 0.3) is 0 Å². The van der Waals surface area contributed by atoms with E-state index < -0.39 is 6.10 Å². The van der Waals surface area contributed by atoms with Gasteiger partial charge in [-0.2, -0.15) is 0 Å². The fourth-order valence-corrected chi connectivity index (χ4v) is 2.01. The lowest BCUT2D eigenvalue weighted by atomic mass is 10.1. The summed E-state index contributed by atoms with van der Waals surface area (Å²) in [6.45, 7) is 5.64.